The molecule has 0 spiro atoms. The number of benzene rings is 1. The third-order valence-corrected chi connectivity index (χ3v) is 5.18. The van der Waals surface area contributed by atoms with Crippen LogP contribution in [-0.4, -0.2) is 86.9 Å². The number of hydrogen-bond donors (Lipinski definition) is 0. The first kappa shape index (κ1) is 21.1. The van der Waals surface area contributed by atoms with Crippen molar-refractivity contribution in [3.63, 3.8) is 0 Å². The molecule has 0 aliphatic carbocycles. The fourth-order valence-corrected chi connectivity index (χ4v) is 3.65. The summed E-state index contributed by atoms with van der Waals surface area (Å²) in [5.74, 6) is -2.83. The zero-order chi connectivity index (χ0) is 20.0. The summed E-state index contributed by atoms with van der Waals surface area (Å²) < 4.78 is 43.8. The van der Waals surface area contributed by atoms with Crippen molar-refractivity contribution in [3.05, 3.63) is 35.9 Å². The van der Waals surface area contributed by atoms with E-state index in [1.165, 1.54) is 0 Å². The van der Waals surface area contributed by atoms with Crippen molar-refractivity contribution in [1.29, 1.82) is 0 Å². The maximum atomic E-state index is 14.0. The molecule has 0 bridgehead atoms. The van der Waals surface area contributed by atoms with E-state index in [-0.39, 0.29) is 44.2 Å². The van der Waals surface area contributed by atoms with Gasteiger partial charge in [0, 0.05) is 38.7 Å². The molecule has 2 saturated heterocycles. The molecule has 1 atom stereocenters. The lowest BCUT2D eigenvalue weighted by Crippen LogP contribution is -2.63. The number of hydrogen-bond acceptors (Lipinski definition) is 5. The standard InChI is InChI=1S/C20H28F2N2O4/c1-26-7-8-27-14-19(25)23-10-18(11-23)24-15-20(21,22)9-17(24)13-28-12-16-5-3-2-4-6-16/h2-6,17-18H,7-15H2,1H3/t17-/m0/s1. The molecule has 0 saturated carbocycles. The van der Waals surface area contributed by atoms with Crippen molar-refractivity contribution in [3.8, 4) is 0 Å². The Labute approximate surface area is 164 Å². The number of alkyl halides is 2. The lowest BCUT2D eigenvalue weighted by molar-refractivity contribution is -0.145. The highest BCUT2D eigenvalue weighted by Crippen LogP contribution is 2.35. The van der Waals surface area contributed by atoms with Crippen LogP contribution in [0.2, 0.25) is 0 Å². The fourth-order valence-electron chi connectivity index (χ4n) is 3.65. The number of halogens is 2. The summed E-state index contributed by atoms with van der Waals surface area (Å²) in [5, 5.41) is 0. The van der Waals surface area contributed by atoms with Gasteiger partial charge >= 0.3 is 0 Å². The molecule has 8 heteroatoms. The molecule has 0 aromatic heterocycles. The molecule has 2 fully saturated rings. The van der Waals surface area contributed by atoms with Crippen molar-refractivity contribution >= 4 is 5.91 Å². The van der Waals surface area contributed by atoms with Crippen molar-refractivity contribution < 1.29 is 27.8 Å². The molecule has 0 unspecified atom stereocenters. The largest absolute Gasteiger partial charge is 0.382 e. The molecule has 2 heterocycles. The van der Waals surface area contributed by atoms with Gasteiger partial charge in [0.05, 0.1) is 33.0 Å². The predicted molar refractivity (Wildman–Crippen MR) is 99.2 cm³/mol. The van der Waals surface area contributed by atoms with Gasteiger partial charge in [-0.2, -0.15) is 0 Å². The van der Waals surface area contributed by atoms with Gasteiger partial charge in [0.2, 0.25) is 5.91 Å². The molecular formula is C20H28F2N2O4. The quantitative estimate of drug-likeness (QED) is 0.563. The number of likely N-dealkylation sites (tertiary alicyclic amines) is 2. The summed E-state index contributed by atoms with van der Waals surface area (Å²) in [4.78, 5) is 15.5. The molecule has 2 aliphatic heterocycles. The normalized spacial score (nSPS) is 22.4. The minimum Gasteiger partial charge on any atom is -0.382 e. The summed E-state index contributed by atoms with van der Waals surface area (Å²) in [6.45, 7) is 2.09. The number of ether oxygens (including phenoxy) is 3. The van der Waals surface area contributed by atoms with Gasteiger partial charge in [0.1, 0.15) is 6.61 Å². The van der Waals surface area contributed by atoms with E-state index >= 15 is 0 Å². The molecule has 1 aromatic carbocycles. The molecule has 0 N–H and O–H groups in total. The average Bonchev–Trinajstić information content (AvgIpc) is 2.93. The average molecular weight is 398 g/mol. The second-order valence-electron chi connectivity index (χ2n) is 7.38. The Morgan fingerprint density at radius 3 is 2.64 bits per heavy atom. The molecule has 6 nitrogen and oxygen atoms in total. The number of rotatable bonds is 10. The first-order chi connectivity index (χ1) is 13.5. The van der Waals surface area contributed by atoms with Crippen LogP contribution < -0.4 is 0 Å². The van der Waals surface area contributed by atoms with Crippen LogP contribution in [-0.2, 0) is 25.6 Å². The van der Waals surface area contributed by atoms with Gasteiger partial charge in [0.25, 0.3) is 5.92 Å². The number of amides is 1. The number of nitrogens with zero attached hydrogens (tertiary/aromatic N) is 2. The van der Waals surface area contributed by atoms with Crippen molar-refractivity contribution in [1.82, 2.24) is 9.80 Å². The molecule has 1 aromatic rings. The highest BCUT2D eigenvalue weighted by atomic mass is 19.3. The SMILES string of the molecule is COCCOCC(=O)N1CC(N2CC(F)(F)C[C@H]2COCc2ccccc2)C1. The highest BCUT2D eigenvalue weighted by Gasteiger charge is 2.50. The molecule has 156 valence electrons. The maximum absolute atomic E-state index is 14.0. The van der Waals surface area contributed by atoms with E-state index in [9.17, 15) is 13.6 Å². The number of methoxy groups -OCH3 is 1. The van der Waals surface area contributed by atoms with E-state index in [1.54, 1.807) is 16.9 Å². The molecule has 0 radical (unpaired) electrons. The van der Waals surface area contributed by atoms with Crippen LogP contribution in [0.5, 0.6) is 0 Å². The van der Waals surface area contributed by atoms with E-state index < -0.39 is 5.92 Å². The van der Waals surface area contributed by atoms with Gasteiger partial charge in [-0.25, -0.2) is 8.78 Å². The zero-order valence-electron chi connectivity index (χ0n) is 16.2. The second kappa shape index (κ2) is 9.73. The Bertz CT molecular complexity index is 626. The van der Waals surface area contributed by atoms with E-state index in [0.717, 1.165) is 5.56 Å². The lowest BCUT2D eigenvalue weighted by Gasteiger charge is -2.45. The minimum atomic E-state index is -2.71. The molecule has 28 heavy (non-hydrogen) atoms. The van der Waals surface area contributed by atoms with Gasteiger partial charge in [-0.05, 0) is 5.56 Å². The summed E-state index contributed by atoms with van der Waals surface area (Å²) in [5.41, 5.74) is 1.02. The number of carbonyl (C=O) groups excluding carboxylic acids is 1. The fraction of sp³-hybridized carbons (Fsp3) is 0.650. The Kier molecular flexibility index (Phi) is 7.34. The predicted octanol–water partition coefficient (Wildman–Crippen LogP) is 1.79. The van der Waals surface area contributed by atoms with Gasteiger partial charge < -0.3 is 19.1 Å². The van der Waals surface area contributed by atoms with E-state index in [1.807, 2.05) is 30.3 Å². The molecule has 1 amide bonds. The van der Waals surface area contributed by atoms with E-state index in [2.05, 4.69) is 0 Å². The first-order valence-electron chi connectivity index (χ1n) is 9.58. The number of carbonyl (C=O) groups is 1. The van der Waals surface area contributed by atoms with Crippen LogP contribution in [0.25, 0.3) is 0 Å². The maximum Gasteiger partial charge on any atom is 0.262 e. The topological polar surface area (TPSA) is 51.2 Å². The summed E-state index contributed by atoms with van der Waals surface area (Å²) >= 11 is 0. The van der Waals surface area contributed by atoms with Crippen LogP contribution in [0.4, 0.5) is 8.78 Å². The van der Waals surface area contributed by atoms with E-state index in [4.69, 9.17) is 14.2 Å². The third kappa shape index (κ3) is 5.70. The minimum absolute atomic E-state index is 0.00411. The summed E-state index contributed by atoms with van der Waals surface area (Å²) in [6.07, 6.45) is -0.202. The monoisotopic (exact) mass is 398 g/mol. The second-order valence-corrected chi connectivity index (χ2v) is 7.38. The molecule has 2 aliphatic rings. The van der Waals surface area contributed by atoms with Crippen LogP contribution in [0.15, 0.2) is 30.3 Å². The Balaban J connectivity index is 1.43. The van der Waals surface area contributed by atoms with Crippen molar-refractivity contribution in [2.24, 2.45) is 0 Å². The van der Waals surface area contributed by atoms with Gasteiger partial charge in [-0.3, -0.25) is 9.69 Å². The van der Waals surface area contributed by atoms with Gasteiger partial charge in [-0.1, -0.05) is 30.3 Å². The van der Waals surface area contributed by atoms with Crippen LogP contribution in [0.3, 0.4) is 0 Å². The smallest absolute Gasteiger partial charge is 0.262 e. The van der Waals surface area contributed by atoms with Crippen molar-refractivity contribution in [2.75, 3.05) is 53.2 Å². The Morgan fingerprint density at radius 2 is 1.93 bits per heavy atom. The highest BCUT2D eigenvalue weighted by molar-refractivity contribution is 5.78. The Morgan fingerprint density at radius 1 is 1.18 bits per heavy atom. The Hall–Kier alpha value is -1.61. The van der Waals surface area contributed by atoms with E-state index in [0.29, 0.717) is 32.9 Å². The van der Waals surface area contributed by atoms with Crippen LogP contribution >= 0.6 is 0 Å². The third-order valence-electron chi connectivity index (χ3n) is 5.18. The zero-order valence-corrected chi connectivity index (χ0v) is 16.2. The summed E-state index contributed by atoms with van der Waals surface area (Å²) in [6, 6.07) is 9.28. The lowest BCUT2D eigenvalue weighted by atomic mass is 10.1. The van der Waals surface area contributed by atoms with Crippen LogP contribution in [0, 0.1) is 0 Å². The first-order valence-corrected chi connectivity index (χ1v) is 9.58. The molecular weight excluding hydrogens is 370 g/mol. The summed E-state index contributed by atoms with van der Waals surface area (Å²) in [7, 11) is 1.57. The van der Waals surface area contributed by atoms with Crippen molar-refractivity contribution in [2.45, 2.75) is 31.0 Å². The van der Waals surface area contributed by atoms with Gasteiger partial charge in [-0.15, -0.1) is 0 Å². The van der Waals surface area contributed by atoms with Gasteiger partial charge in [0.15, 0.2) is 0 Å². The van der Waals surface area contributed by atoms with Crippen LogP contribution in [0.1, 0.15) is 12.0 Å². The molecule has 3 rings (SSSR count).